The quantitative estimate of drug-likeness (QED) is 0.645. The van der Waals surface area contributed by atoms with Gasteiger partial charge in [0.2, 0.25) is 0 Å². The van der Waals surface area contributed by atoms with Crippen LogP contribution in [-0.2, 0) is 19.1 Å². The van der Waals surface area contributed by atoms with Gasteiger partial charge in [0.15, 0.2) is 5.78 Å². The number of esters is 1. The number of allylic oxidation sites excluding steroid dienone is 2. The van der Waals surface area contributed by atoms with Gasteiger partial charge in [-0.1, -0.05) is 6.92 Å². The fourth-order valence-electron chi connectivity index (χ4n) is 6.65. The SMILES string of the molecule is CC(C)(C)OC(=O)NCC(=O)O[C@H]1CC[C@H]2[C@@H]3CCC4=CC(=O)C=C[C@]4(O)[C@H]3CC[C@]12C. The third-order valence-corrected chi connectivity index (χ3v) is 8.04. The van der Waals surface area contributed by atoms with E-state index in [9.17, 15) is 19.5 Å². The van der Waals surface area contributed by atoms with Crippen LogP contribution in [0.15, 0.2) is 23.8 Å². The second-order valence-corrected chi connectivity index (χ2v) is 11.1. The zero-order valence-electron chi connectivity index (χ0n) is 19.5. The Morgan fingerprint density at radius 1 is 1.19 bits per heavy atom. The summed E-state index contributed by atoms with van der Waals surface area (Å²) in [6, 6.07) is 0. The lowest BCUT2D eigenvalue weighted by Crippen LogP contribution is -2.55. The molecule has 7 nitrogen and oxygen atoms in total. The number of rotatable bonds is 3. The van der Waals surface area contributed by atoms with Crippen LogP contribution in [0, 0.1) is 23.2 Å². The van der Waals surface area contributed by atoms with Crippen LogP contribution in [-0.4, -0.2) is 46.8 Å². The lowest BCUT2D eigenvalue weighted by atomic mass is 9.51. The molecule has 0 aromatic heterocycles. The molecule has 0 heterocycles. The second-order valence-electron chi connectivity index (χ2n) is 11.1. The van der Waals surface area contributed by atoms with Gasteiger partial charge in [-0.05, 0) is 101 Å². The number of nitrogens with one attached hydrogen (secondary N) is 1. The van der Waals surface area contributed by atoms with E-state index in [2.05, 4.69) is 12.2 Å². The minimum atomic E-state index is -1.02. The summed E-state index contributed by atoms with van der Waals surface area (Å²) < 4.78 is 11.0. The number of aliphatic hydroxyl groups is 1. The molecule has 3 saturated carbocycles. The Bertz CT molecular complexity index is 870. The average molecular weight is 446 g/mol. The topological polar surface area (TPSA) is 102 Å². The van der Waals surface area contributed by atoms with Crippen molar-refractivity contribution in [3.63, 3.8) is 0 Å². The standard InChI is InChI=1S/C25H35NO6/c1-23(2,3)32-22(29)26-14-21(28)31-20-8-7-18-17-6-5-15-13-16(27)9-12-25(15,30)19(17)10-11-24(18,20)4/h9,12-13,17-20,30H,5-8,10-11,14H2,1-4H3,(H,26,29)/t17-,18-,19-,20-,24-,25+/m0/s1. The molecule has 4 aliphatic rings. The molecule has 4 aliphatic carbocycles. The Morgan fingerprint density at radius 3 is 2.66 bits per heavy atom. The summed E-state index contributed by atoms with van der Waals surface area (Å²) in [5.74, 6) is 0.280. The third kappa shape index (κ3) is 4.12. The first-order valence-corrected chi connectivity index (χ1v) is 11.8. The van der Waals surface area contributed by atoms with Crippen molar-refractivity contribution in [3.8, 4) is 0 Å². The van der Waals surface area contributed by atoms with E-state index in [1.807, 2.05) is 0 Å². The fraction of sp³-hybridized carbons (Fsp3) is 0.720. The van der Waals surface area contributed by atoms with Crippen molar-refractivity contribution in [2.75, 3.05) is 6.54 Å². The van der Waals surface area contributed by atoms with Crippen LogP contribution in [0.2, 0.25) is 0 Å². The number of ether oxygens (including phenoxy) is 2. The van der Waals surface area contributed by atoms with Crippen molar-refractivity contribution in [2.45, 2.75) is 83.5 Å². The summed E-state index contributed by atoms with van der Waals surface area (Å²) in [5.41, 5.74) is -0.943. The third-order valence-electron chi connectivity index (χ3n) is 8.04. The van der Waals surface area contributed by atoms with Crippen molar-refractivity contribution in [2.24, 2.45) is 23.2 Å². The van der Waals surface area contributed by atoms with Crippen LogP contribution in [0.25, 0.3) is 0 Å². The summed E-state index contributed by atoms with van der Waals surface area (Å²) in [7, 11) is 0. The number of hydrogen-bond donors (Lipinski definition) is 2. The Kier molecular flexibility index (Phi) is 5.76. The Labute approximate surface area is 189 Å². The van der Waals surface area contributed by atoms with Gasteiger partial charge < -0.3 is 19.9 Å². The molecule has 0 saturated heterocycles. The fourth-order valence-corrected chi connectivity index (χ4v) is 6.65. The van der Waals surface area contributed by atoms with Crippen molar-refractivity contribution < 1.29 is 29.0 Å². The van der Waals surface area contributed by atoms with E-state index in [4.69, 9.17) is 9.47 Å². The summed E-state index contributed by atoms with van der Waals surface area (Å²) in [6.07, 6.45) is 9.08. The van der Waals surface area contributed by atoms with Crippen molar-refractivity contribution in [3.05, 3.63) is 23.8 Å². The molecule has 0 bridgehead atoms. The molecule has 6 atom stereocenters. The second kappa shape index (κ2) is 8.01. The van der Waals surface area contributed by atoms with E-state index >= 15 is 0 Å². The van der Waals surface area contributed by atoms with E-state index in [0.29, 0.717) is 11.8 Å². The van der Waals surface area contributed by atoms with Crippen molar-refractivity contribution in [1.29, 1.82) is 0 Å². The number of hydrogen-bond acceptors (Lipinski definition) is 6. The molecular weight excluding hydrogens is 410 g/mol. The number of carbonyl (C=O) groups excluding carboxylic acids is 3. The van der Waals surface area contributed by atoms with Gasteiger partial charge in [0.1, 0.15) is 23.9 Å². The largest absolute Gasteiger partial charge is 0.460 e. The lowest BCUT2D eigenvalue weighted by Gasteiger charge is -2.55. The molecule has 0 radical (unpaired) electrons. The molecule has 0 aliphatic heterocycles. The summed E-state index contributed by atoms with van der Waals surface area (Å²) in [5, 5.41) is 13.9. The Hall–Kier alpha value is -2.15. The van der Waals surface area contributed by atoms with Gasteiger partial charge in [0, 0.05) is 5.41 Å². The first-order chi connectivity index (χ1) is 14.9. The minimum absolute atomic E-state index is 0.0448. The van der Waals surface area contributed by atoms with E-state index in [0.717, 1.165) is 44.1 Å². The van der Waals surface area contributed by atoms with E-state index in [-0.39, 0.29) is 29.8 Å². The normalized spacial score (nSPS) is 38.2. The van der Waals surface area contributed by atoms with Crippen LogP contribution in [0.5, 0.6) is 0 Å². The number of fused-ring (bicyclic) bond motifs is 5. The Balaban J connectivity index is 1.39. The first-order valence-electron chi connectivity index (χ1n) is 11.8. The molecule has 7 heteroatoms. The Morgan fingerprint density at radius 2 is 1.94 bits per heavy atom. The highest BCUT2D eigenvalue weighted by Gasteiger charge is 2.60. The maximum absolute atomic E-state index is 12.5. The van der Waals surface area contributed by atoms with E-state index in [1.165, 1.54) is 6.08 Å². The minimum Gasteiger partial charge on any atom is -0.460 e. The van der Waals surface area contributed by atoms with Crippen molar-refractivity contribution >= 4 is 17.8 Å². The van der Waals surface area contributed by atoms with Gasteiger partial charge in [0.25, 0.3) is 0 Å². The predicted molar refractivity (Wildman–Crippen MR) is 118 cm³/mol. The highest BCUT2D eigenvalue weighted by atomic mass is 16.6. The predicted octanol–water partition coefficient (Wildman–Crippen LogP) is 3.46. The molecular formula is C25H35NO6. The summed E-state index contributed by atoms with van der Waals surface area (Å²) in [6.45, 7) is 7.29. The smallest absolute Gasteiger partial charge is 0.408 e. The molecule has 0 unspecified atom stereocenters. The zero-order valence-corrected chi connectivity index (χ0v) is 19.5. The van der Waals surface area contributed by atoms with Gasteiger partial charge >= 0.3 is 12.1 Å². The molecule has 2 N–H and O–H groups in total. The monoisotopic (exact) mass is 445 g/mol. The highest BCUT2D eigenvalue weighted by molar-refractivity contribution is 6.01. The molecule has 1 amide bonds. The van der Waals surface area contributed by atoms with Gasteiger partial charge in [-0.2, -0.15) is 0 Å². The van der Waals surface area contributed by atoms with E-state index < -0.39 is 23.3 Å². The van der Waals surface area contributed by atoms with Crippen molar-refractivity contribution in [1.82, 2.24) is 5.32 Å². The zero-order chi connectivity index (χ0) is 23.3. The molecule has 0 aromatic carbocycles. The van der Waals surface area contributed by atoms with Crippen LogP contribution >= 0.6 is 0 Å². The van der Waals surface area contributed by atoms with E-state index in [1.54, 1.807) is 32.9 Å². The van der Waals surface area contributed by atoms with Gasteiger partial charge in [-0.15, -0.1) is 0 Å². The molecule has 0 spiro atoms. The van der Waals surface area contributed by atoms with Gasteiger partial charge in [-0.25, -0.2) is 4.79 Å². The summed E-state index contributed by atoms with van der Waals surface area (Å²) >= 11 is 0. The molecule has 3 fully saturated rings. The number of alkyl carbamates (subject to hydrolysis) is 1. The first kappa shape index (κ1) is 23.0. The van der Waals surface area contributed by atoms with Gasteiger partial charge in [0.05, 0.1) is 0 Å². The molecule has 176 valence electrons. The van der Waals surface area contributed by atoms with Gasteiger partial charge in [-0.3, -0.25) is 9.59 Å². The summed E-state index contributed by atoms with van der Waals surface area (Å²) in [4.78, 5) is 36.1. The number of ketones is 1. The molecule has 32 heavy (non-hydrogen) atoms. The lowest BCUT2D eigenvalue weighted by molar-refractivity contribution is -0.159. The maximum Gasteiger partial charge on any atom is 0.408 e. The van der Waals surface area contributed by atoms with Crippen LogP contribution in [0.1, 0.15) is 66.2 Å². The number of amides is 1. The highest BCUT2D eigenvalue weighted by Crippen LogP contribution is 2.62. The molecule has 4 rings (SSSR count). The van der Waals surface area contributed by atoms with Crippen LogP contribution < -0.4 is 5.32 Å². The van der Waals surface area contributed by atoms with Crippen LogP contribution in [0.4, 0.5) is 4.79 Å². The van der Waals surface area contributed by atoms with Crippen LogP contribution in [0.3, 0.4) is 0 Å². The molecule has 0 aromatic rings. The maximum atomic E-state index is 12.5. The number of carbonyl (C=O) groups is 3. The average Bonchev–Trinajstić information content (AvgIpc) is 3.02.